The Morgan fingerprint density at radius 3 is 2.88 bits per heavy atom. The van der Waals surface area contributed by atoms with E-state index in [4.69, 9.17) is 4.74 Å². The van der Waals surface area contributed by atoms with Gasteiger partial charge in [0.05, 0.1) is 6.61 Å². The summed E-state index contributed by atoms with van der Waals surface area (Å²) < 4.78 is 32.7. The zero-order valence-corrected chi connectivity index (χ0v) is 9.93. The van der Waals surface area contributed by atoms with E-state index in [9.17, 15) is 8.78 Å². The van der Waals surface area contributed by atoms with E-state index >= 15 is 0 Å². The van der Waals surface area contributed by atoms with Gasteiger partial charge in [-0.3, -0.25) is 0 Å². The summed E-state index contributed by atoms with van der Waals surface area (Å²) in [7, 11) is 0. The number of hydrogen-bond donors (Lipinski definition) is 1. The monoisotopic (exact) mass is 241 g/mol. The highest BCUT2D eigenvalue weighted by Gasteiger charge is 2.25. The zero-order valence-electron chi connectivity index (χ0n) is 9.93. The van der Waals surface area contributed by atoms with Gasteiger partial charge < -0.3 is 10.1 Å². The van der Waals surface area contributed by atoms with Gasteiger partial charge in [-0.05, 0) is 37.9 Å². The maximum absolute atomic E-state index is 13.8. The van der Waals surface area contributed by atoms with Gasteiger partial charge >= 0.3 is 0 Å². The molecule has 1 atom stereocenters. The highest BCUT2D eigenvalue weighted by atomic mass is 19.1. The largest absolute Gasteiger partial charge is 0.490 e. The number of rotatable bonds is 3. The summed E-state index contributed by atoms with van der Waals surface area (Å²) in [5.41, 5.74) is 0.343. The average molecular weight is 241 g/mol. The molecule has 0 aliphatic carbocycles. The fraction of sp³-hybridized carbons (Fsp3) is 0.538. The second-order valence-corrected chi connectivity index (χ2v) is 4.27. The minimum atomic E-state index is -0.480. The van der Waals surface area contributed by atoms with Crippen LogP contribution in [-0.4, -0.2) is 13.2 Å². The molecule has 17 heavy (non-hydrogen) atoms. The Morgan fingerprint density at radius 1 is 1.35 bits per heavy atom. The highest BCUT2D eigenvalue weighted by Crippen LogP contribution is 2.35. The first-order chi connectivity index (χ1) is 8.24. The van der Waals surface area contributed by atoms with Crippen molar-refractivity contribution < 1.29 is 13.5 Å². The molecule has 2 nitrogen and oxygen atoms in total. The standard InChI is InChI=1S/C13H17F2NO/c1-2-7-16-11-4-3-8-17-13-10(15)6-5-9(14)12(11)13/h5-6,11,16H,2-4,7-8H2,1H3. The lowest BCUT2D eigenvalue weighted by Crippen LogP contribution is -2.22. The second kappa shape index (κ2) is 5.45. The van der Waals surface area contributed by atoms with Crippen LogP contribution >= 0.6 is 0 Å². The van der Waals surface area contributed by atoms with Crippen molar-refractivity contribution in [3.8, 4) is 5.75 Å². The maximum Gasteiger partial charge on any atom is 0.165 e. The first-order valence-corrected chi connectivity index (χ1v) is 6.08. The Bertz CT molecular complexity index is 395. The Labute approximate surface area is 100.0 Å². The van der Waals surface area contributed by atoms with Crippen LogP contribution in [0.15, 0.2) is 12.1 Å². The van der Waals surface area contributed by atoms with Crippen molar-refractivity contribution >= 4 is 0 Å². The molecule has 0 fully saturated rings. The normalized spacial score (nSPS) is 19.4. The van der Waals surface area contributed by atoms with Crippen molar-refractivity contribution in [1.82, 2.24) is 5.32 Å². The molecular weight excluding hydrogens is 224 g/mol. The van der Waals surface area contributed by atoms with E-state index < -0.39 is 11.6 Å². The van der Waals surface area contributed by atoms with Gasteiger partial charge in [0.1, 0.15) is 5.82 Å². The summed E-state index contributed by atoms with van der Waals surface area (Å²) in [6.07, 6.45) is 2.53. The van der Waals surface area contributed by atoms with E-state index in [2.05, 4.69) is 5.32 Å². The third kappa shape index (κ3) is 2.57. The summed E-state index contributed by atoms with van der Waals surface area (Å²) in [5, 5.41) is 3.25. The molecule has 0 radical (unpaired) electrons. The Hall–Kier alpha value is -1.16. The minimum Gasteiger partial charge on any atom is -0.490 e. The SMILES string of the molecule is CCCNC1CCCOc2c(F)ccc(F)c21. The molecule has 0 saturated carbocycles. The lowest BCUT2D eigenvalue weighted by molar-refractivity contribution is 0.299. The van der Waals surface area contributed by atoms with Gasteiger partial charge in [-0.15, -0.1) is 0 Å². The van der Waals surface area contributed by atoms with Gasteiger partial charge in [0.15, 0.2) is 11.6 Å². The van der Waals surface area contributed by atoms with Crippen LogP contribution in [0.3, 0.4) is 0 Å². The number of ether oxygens (including phenoxy) is 1. The van der Waals surface area contributed by atoms with Gasteiger partial charge in [-0.25, -0.2) is 8.78 Å². The molecule has 1 heterocycles. The van der Waals surface area contributed by atoms with Crippen LogP contribution in [0.25, 0.3) is 0 Å². The lowest BCUT2D eigenvalue weighted by atomic mass is 10.0. The van der Waals surface area contributed by atoms with Crippen molar-refractivity contribution in [3.05, 3.63) is 29.3 Å². The predicted molar refractivity (Wildman–Crippen MR) is 62.1 cm³/mol. The topological polar surface area (TPSA) is 21.3 Å². The van der Waals surface area contributed by atoms with Crippen LogP contribution in [0, 0.1) is 11.6 Å². The Morgan fingerprint density at radius 2 is 2.12 bits per heavy atom. The van der Waals surface area contributed by atoms with Gasteiger partial charge in [-0.2, -0.15) is 0 Å². The summed E-state index contributed by atoms with van der Waals surface area (Å²) >= 11 is 0. The number of fused-ring (bicyclic) bond motifs is 1. The first kappa shape index (κ1) is 12.3. The smallest absolute Gasteiger partial charge is 0.165 e. The summed E-state index contributed by atoms with van der Waals surface area (Å²) in [5.74, 6) is -0.792. The molecule has 1 aliphatic rings. The van der Waals surface area contributed by atoms with Gasteiger partial charge in [0.25, 0.3) is 0 Å². The summed E-state index contributed by atoms with van der Waals surface area (Å²) in [6, 6.07) is 2.14. The molecule has 0 aromatic heterocycles. The fourth-order valence-electron chi connectivity index (χ4n) is 2.15. The van der Waals surface area contributed by atoms with E-state index in [1.54, 1.807) is 0 Å². The number of halogens is 2. The third-order valence-electron chi connectivity index (χ3n) is 2.97. The molecule has 1 N–H and O–H groups in total. The Kier molecular flexibility index (Phi) is 3.94. The highest BCUT2D eigenvalue weighted by molar-refractivity contribution is 5.39. The molecule has 2 rings (SSSR count). The lowest BCUT2D eigenvalue weighted by Gasteiger charge is -2.18. The van der Waals surface area contributed by atoms with Crippen LogP contribution in [0.1, 0.15) is 37.8 Å². The number of benzene rings is 1. The van der Waals surface area contributed by atoms with Gasteiger partial charge in [0, 0.05) is 11.6 Å². The zero-order chi connectivity index (χ0) is 12.3. The fourth-order valence-corrected chi connectivity index (χ4v) is 2.15. The summed E-state index contributed by atoms with van der Waals surface area (Å²) in [4.78, 5) is 0. The van der Waals surface area contributed by atoms with Crippen LogP contribution in [0.4, 0.5) is 8.78 Å². The van der Waals surface area contributed by atoms with Crippen LogP contribution < -0.4 is 10.1 Å². The molecule has 94 valence electrons. The predicted octanol–water partition coefficient (Wildman–Crippen LogP) is 3.18. The van der Waals surface area contributed by atoms with E-state index in [0.29, 0.717) is 12.2 Å². The van der Waals surface area contributed by atoms with Crippen molar-refractivity contribution in [2.24, 2.45) is 0 Å². The molecule has 1 aliphatic heterocycles. The molecule has 1 unspecified atom stereocenters. The number of nitrogens with one attached hydrogen (secondary N) is 1. The number of hydrogen-bond acceptors (Lipinski definition) is 2. The van der Waals surface area contributed by atoms with E-state index in [1.165, 1.54) is 6.07 Å². The van der Waals surface area contributed by atoms with Crippen molar-refractivity contribution in [2.75, 3.05) is 13.2 Å². The van der Waals surface area contributed by atoms with E-state index in [1.807, 2.05) is 6.92 Å². The van der Waals surface area contributed by atoms with Crippen molar-refractivity contribution in [2.45, 2.75) is 32.2 Å². The molecule has 1 aromatic rings. The first-order valence-electron chi connectivity index (χ1n) is 6.08. The maximum atomic E-state index is 13.8. The van der Waals surface area contributed by atoms with Crippen molar-refractivity contribution in [3.63, 3.8) is 0 Å². The average Bonchev–Trinajstić information content (AvgIpc) is 2.54. The van der Waals surface area contributed by atoms with Crippen LogP contribution in [-0.2, 0) is 0 Å². The molecule has 0 bridgehead atoms. The van der Waals surface area contributed by atoms with Crippen LogP contribution in [0.2, 0.25) is 0 Å². The van der Waals surface area contributed by atoms with Gasteiger partial charge in [0.2, 0.25) is 0 Å². The van der Waals surface area contributed by atoms with E-state index in [0.717, 1.165) is 31.9 Å². The Balaban J connectivity index is 2.36. The quantitative estimate of drug-likeness (QED) is 0.877. The molecule has 0 spiro atoms. The van der Waals surface area contributed by atoms with E-state index in [-0.39, 0.29) is 11.8 Å². The molecule has 4 heteroatoms. The summed E-state index contributed by atoms with van der Waals surface area (Å²) in [6.45, 7) is 3.28. The van der Waals surface area contributed by atoms with Gasteiger partial charge in [-0.1, -0.05) is 6.92 Å². The molecule has 1 aromatic carbocycles. The third-order valence-corrected chi connectivity index (χ3v) is 2.97. The minimum absolute atomic E-state index is 0.0797. The van der Waals surface area contributed by atoms with Crippen molar-refractivity contribution in [1.29, 1.82) is 0 Å². The molecule has 0 amide bonds. The van der Waals surface area contributed by atoms with Crippen LogP contribution in [0.5, 0.6) is 5.75 Å². The second-order valence-electron chi connectivity index (χ2n) is 4.27. The molecule has 0 saturated heterocycles. The molecular formula is C13H17F2NO.